The highest BCUT2D eigenvalue weighted by molar-refractivity contribution is 7.16. The predicted octanol–water partition coefficient (Wildman–Crippen LogP) is 4.29. The summed E-state index contributed by atoms with van der Waals surface area (Å²) in [5.74, 6) is 0.237. The van der Waals surface area contributed by atoms with Gasteiger partial charge in [0.15, 0.2) is 4.80 Å². The first-order chi connectivity index (χ1) is 10.7. The molecule has 0 bridgehead atoms. The molecule has 1 fully saturated rings. The monoisotopic (exact) mass is 316 g/mol. The molecule has 2 aromatic rings. The summed E-state index contributed by atoms with van der Waals surface area (Å²) in [7, 11) is 0. The lowest BCUT2D eigenvalue weighted by atomic mass is 9.89. The van der Waals surface area contributed by atoms with E-state index in [2.05, 4.69) is 41.6 Å². The van der Waals surface area contributed by atoms with Crippen LogP contribution in [0.3, 0.4) is 0 Å². The third-order valence-electron chi connectivity index (χ3n) is 4.64. The van der Waals surface area contributed by atoms with Crippen molar-refractivity contribution in [3.05, 3.63) is 28.6 Å². The summed E-state index contributed by atoms with van der Waals surface area (Å²) in [6.45, 7) is 5.16. The van der Waals surface area contributed by atoms with Crippen LogP contribution < -0.4 is 4.80 Å². The SMILES string of the molecule is CCc1cccc2sc(=NC(=O)C3CCCCC3)n(CC)c12. The van der Waals surface area contributed by atoms with E-state index < -0.39 is 0 Å². The number of aryl methyl sites for hydroxylation is 2. The second-order valence-corrected chi connectivity index (χ2v) is 7.04. The van der Waals surface area contributed by atoms with Crippen LogP contribution in [0.2, 0.25) is 0 Å². The van der Waals surface area contributed by atoms with Gasteiger partial charge in [-0.05, 0) is 37.8 Å². The molecule has 1 aliphatic carbocycles. The van der Waals surface area contributed by atoms with Crippen LogP contribution in [0.15, 0.2) is 23.2 Å². The molecule has 0 spiro atoms. The molecule has 0 radical (unpaired) electrons. The standard InChI is InChI=1S/C18H24N2OS/c1-3-13-11-8-12-15-16(13)20(4-2)18(22-15)19-17(21)14-9-6-5-7-10-14/h8,11-12,14H,3-7,9-10H2,1-2H3. The van der Waals surface area contributed by atoms with Gasteiger partial charge in [-0.15, -0.1) is 0 Å². The second kappa shape index (κ2) is 6.78. The molecule has 3 nitrogen and oxygen atoms in total. The Bertz CT molecular complexity index is 735. The normalized spacial score (nSPS) is 17.3. The first-order valence-corrected chi connectivity index (χ1v) is 9.26. The van der Waals surface area contributed by atoms with Gasteiger partial charge in [0.25, 0.3) is 5.91 Å². The average molecular weight is 316 g/mol. The molecule has 3 rings (SSSR count). The Hall–Kier alpha value is -1.42. The van der Waals surface area contributed by atoms with E-state index in [1.54, 1.807) is 11.3 Å². The van der Waals surface area contributed by atoms with E-state index in [4.69, 9.17) is 0 Å². The van der Waals surface area contributed by atoms with Crippen molar-refractivity contribution in [1.29, 1.82) is 0 Å². The number of hydrogen-bond acceptors (Lipinski definition) is 2. The zero-order valence-corrected chi connectivity index (χ0v) is 14.3. The fourth-order valence-electron chi connectivity index (χ4n) is 3.40. The van der Waals surface area contributed by atoms with Crippen LogP contribution in [0.25, 0.3) is 10.2 Å². The first kappa shape index (κ1) is 15.5. The van der Waals surface area contributed by atoms with Gasteiger partial charge in [0.2, 0.25) is 0 Å². The van der Waals surface area contributed by atoms with Crippen LogP contribution in [0.1, 0.15) is 51.5 Å². The van der Waals surface area contributed by atoms with Gasteiger partial charge in [-0.25, -0.2) is 0 Å². The molecule has 1 amide bonds. The maximum Gasteiger partial charge on any atom is 0.251 e. The summed E-state index contributed by atoms with van der Waals surface area (Å²) < 4.78 is 3.44. The van der Waals surface area contributed by atoms with Gasteiger partial charge in [0.05, 0.1) is 10.2 Å². The largest absolute Gasteiger partial charge is 0.316 e. The fraction of sp³-hybridized carbons (Fsp3) is 0.556. The predicted molar refractivity (Wildman–Crippen MR) is 92.0 cm³/mol. The summed E-state index contributed by atoms with van der Waals surface area (Å²) in [5.41, 5.74) is 2.59. The molecule has 1 aromatic carbocycles. The summed E-state index contributed by atoms with van der Waals surface area (Å²) in [6.07, 6.45) is 6.64. The van der Waals surface area contributed by atoms with E-state index in [-0.39, 0.29) is 11.8 Å². The van der Waals surface area contributed by atoms with Gasteiger partial charge in [0, 0.05) is 12.5 Å². The molecule has 0 aliphatic heterocycles. The number of fused-ring (bicyclic) bond motifs is 1. The molecule has 4 heteroatoms. The minimum Gasteiger partial charge on any atom is -0.316 e. The molecular weight excluding hydrogens is 292 g/mol. The minimum absolute atomic E-state index is 0.0894. The van der Waals surface area contributed by atoms with Crippen LogP contribution in [0.5, 0.6) is 0 Å². The molecule has 0 atom stereocenters. The molecule has 1 aromatic heterocycles. The maximum absolute atomic E-state index is 12.5. The molecule has 1 heterocycles. The summed E-state index contributed by atoms with van der Waals surface area (Å²) in [6, 6.07) is 6.41. The number of para-hydroxylation sites is 1. The Kier molecular flexibility index (Phi) is 4.77. The highest BCUT2D eigenvalue weighted by Crippen LogP contribution is 2.25. The number of amides is 1. The van der Waals surface area contributed by atoms with Crippen LogP contribution in [0.4, 0.5) is 0 Å². The summed E-state index contributed by atoms with van der Waals surface area (Å²) >= 11 is 1.65. The molecule has 0 unspecified atom stereocenters. The molecular formula is C18H24N2OS. The Labute approximate surface area is 135 Å². The topological polar surface area (TPSA) is 34.4 Å². The highest BCUT2D eigenvalue weighted by atomic mass is 32.1. The van der Waals surface area contributed by atoms with Gasteiger partial charge >= 0.3 is 0 Å². The van der Waals surface area contributed by atoms with Crippen molar-refractivity contribution in [1.82, 2.24) is 4.57 Å². The molecule has 22 heavy (non-hydrogen) atoms. The Balaban J connectivity index is 2.06. The number of hydrogen-bond donors (Lipinski definition) is 0. The quantitative estimate of drug-likeness (QED) is 0.831. The Morgan fingerprint density at radius 3 is 2.73 bits per heavy atom. The van der Waals surface area contributed by atoms with Crippen LogP contribution >= 0.6 is 11.3 Å². The zero-order valence-electron chi connectivity index (χ0n) is 13.5. The van der Waals surface area contributed by atoms with Crippen LogP contribution in [-0.2, 0) is 17.8 Å². The smallest absolute Gasteiger partial charge is 0.251 e. The third kappa shape index (κ3) is 2.89. The van der Waals surface area contributed by atoms with Crippen molar-refractivity contribution in [2.75, 3.05) is 0 Å². The lowest BCUT2D eigenvalue weighted by Crippen LogP contribution is -2.21. The zero-order chi connectivity index (χ0) is 15.5. The van der Waals surface area contributed by atoms with Gasteiger partial charge in [-0.3, -0.25) is 4.79 Å². The molecule has 118 valence electrons. The molecule has 1 aliphatic rings. The Morgan fingerprint density at radius 2 is 2.05 bits per heavy atom. The number of rotatable bonds is 3. The van der Waals surface area contributed by atoms with E-state index in [0.29, 0.717) is 0 Å². The van der Waals surface area contributed by atoms with Crippen LogP contribution in [-0.4, -0.2) is 10.5 Å². The number of benzene rings is 1. The number of nitrogens with zero attached hydrogens (tertiary/aromatic N) is 2. The average Bonchev–Trinajstić information content (AvgIpc) is 2.92. The van der Waals surface area contributed by atoms with Crippen molar-refractivity contribution in [3.63, 3.8) is 0 Å². The van der Waals surface area contributed by atoms with Gasteiger partial charge in [0.1, 0.15) is 0 Å². The van der Waals surface area contributed by atoms with Gasteiger partial charge in [-0.1, -0.05) is 49.7 Å². The summed E-state index contributed by atoms with van der Waals surface area (Å²) in [5, 5.41) is 0. The fourth-order valence-corrected chi connectivity index (χ4v) is 4.55. The van der Waals surface area contributed by atoms with E-state index in [9.17, 15) is 4.79 Å². The van der Waals surface area contributed by atoms with Crippen molar-refractivity contribution in [2.24, 2.45) is 10.9 Å². The first-order valence-electron chi connectivity index (χ1n) is 8.44. The lowest BCUT2D eigenvalue weighted by molar-refractivity contribution is -0.122. The minimum atomic E-state index is 0.0894. The van der Waals surface area contributed by atoms with Crippen molar-refractivity contribution >= 4 is 27.5 Å². The Morgan fingerprint density at radius 1 is 1.27 bits per heavy atom. The molecule has 0 N–H and O–H groups in total. The molecule has 0 saturated heterocycles. The number of aromatic nitrogens is 1. The maximum atomic E-state index is 12.5. The van der Waals surface area contributed by atoms with Gasteiger partial charge in [-0.2, -0.15) is 4.99 Å². The van der Waals surface area contributed by atoms with Gasteiger partial charge < -0.3 is 4.57 Å². The van der Waals surface area contributed by atoms with Crippen molar-refractivity contribution in [3.8, 4) is 0 Å². The molecule has 1 saturated carbocycles. The number of carbonyl (C=O) groups is 1. The third-order valence-corrected chi connectivity index (χ3v) is 5.69. The summed E-state index contributed by atoms with van der Waals surface area (Å²) in [4.78, 5) is 17.9. The van der Waals surface area contributed by atoms with Crippen molar-refractivity contribution < 1.29 is 4.79 Å². The second-order valence-electron chi connectivity index (χ2n) is 6.03. The van der Waals surface area contributed by atoms with Crippen LogP contribution in [0, 0.1) is 5.92 Å². The number of thiazole rings is 1. The lowest BCUT2D eigenvalue weighted by Gasteiger charge is -2.17. The van der Waals surface area contributed by atoms with Crippen molar-refractivity contribution in [2.45, 2.75) is 58.9 Å². The van der Waals surface area contributed by atoms with E-state index in [1.807, 2.05) is 0 Å². The van der Waals surface area contributed by atoms with E-state index in [0.717, 1.165) is 30.6 Å². The van der Waals surface area contributed by atoms with E-state index >= 15 is 0 Å². The highest BCUT2D eigenvalue weighted by Gasteiger charge is 2.21. The van der Waals surface area contributed by atoms with E-state index in [1.165, 1.54) is 35.0 Å². The number of carbonyl (C=O) groups excluding carboxylic acids is 1.